The SMILES string of the molecule is CCOC(=O)CCCCCCCCSCC(CCN1CCCC1)C(=O)OCCCCCCCCC=O. The van der Waals surface area contributed by atoms with E-state index in [0.717, 1.165) is 82.1 Å². The number of hydrogen-bond donors (Lipinski definition) is 0. The van der Waals surface area contributed by atoms with Crippen molar-refractivity contribution in [2.24, 2.45) is 5.92 Å². The standard InChI is InChI=1S/C29H53NO5S/c1-2-34-28(32)18-12-8-4-7-11-17-25-36-26-27(19-22-30-20-13-14-21-30)29(33)35-24-16-10-6-3-5-9-15-23-31/h23,27H,2-22,24-26H2,1H3. The van der Waals surface area contributed by atoms with Gasteiger partial charge < -0.3 is 19.2 Å². The van der Waals surface area contributed by atoms with Crippen molar-refractivity contribution in [1.82, 2.24) is 4.90 Å². The summed E-state index contributed by atoms with van der Waals surface area (Å²) in [5.41, 5.74) is 0. The van der Waals surface area contributed by atoms with E-state index < -0.39 is 0 Å². The van der Waals surface area contributed by atoms with Crippen LogP contribution in [0.5, 0.6) is 0 Å². The molecule has 0 saturated carbocycles. The number of carbonyl (C=O) groups is 3. The Morgan fingerprint density at radius 2 is 1.50 bits per heavy atom. The molecule has 1 saturated heterocycles. The van der Waals surface area contributed by atoms with Gasteiger partial charge in [-0.1, -0.05) is 51.4 Å². The Labute approximate surface area is 225 Å². The van der Waals surface area contributed by atoms with Crippen LogP contribution in [-0.2, 0) is 23.9 Å². The van der Waals surface area contributed by atoms with E-state index in [9.17, 15) is 14.4 Å². The highest BCUT2D eigenvalue weighted by molar-refractivity contribution is 7.99. The monoisotopic (exact) mass is 527 g/mol. The summed E-state index contributed by atoms with van der Waals surface area (Å²) in [7, 11) is 0. The predicted octanol–water partition coefficient (Wildman–Crippen LogP) is 6.59. The van der Waals surface area contributed by atoms with Crippen molar-refractivity contribution in [2.45, 2.75) is 116 Å². The van der Waals surface area contributed by atoms with E-state index in [2.05, 4.69) is 4.90 Å². The molecule has 0 amide bonds. The summed E-state index contributed by atoms with van der Waals surface area (Å²) in [5, 5.41) is 0. The second-order valence-electron chi connectivity index (χ2n) is 10.0. The third-order valence-electron chi connectivity index (χ3n) is 6.83. The summed E-state index contributed by atoms with van der Waals surface area (Å²) < 4.78 is 10.6. The minimum Gasteiger partial charge on any atom is -0.466 e. The molecular formula is C29H53NO5S. The lowest BCUT2D eigenvalue weighted by molar-refractivity contribution is -0.148. The number of carbonyl (C=O) groups excluding carboxylic acids is 3. The maximum Gasteiger partial charge on any atom is 0.309 e. The van der Waals surface area contributed by atoms with E-state index in [-0.39, 0.29) is 17.9 Å². The van der Waals surface area contributed by atoms with Crippen LogP contribution in [0.2, 0.25) is 0 Å². The van der Waals surface area contributed by atoms with Crippen molar-refractivity contribution in [3.05, 3.63) is 0 Å². The van der Waals surface area contributed by atoms with E-state index in [4.69, 9.17) is 9.47 Å². The number of aldehydes is 1. The first-order chi connectivity index (χ1) is 17.7. The van der Waals surface area contributed by atoms with Crippen molar-refractivity contribution in [1.29, 1.82) is 0 Å². The molecule has 0 aromatic carbocycles. The smallest absolute Gasteiger partial charge is 0.309 e. The number of esters is 2. The Morgan fingerprint density at radius 3 is 2.19 bits per heavy atom. The fourth-order valence-electron chi connectivity index (χ4n) is 4.58. The van der Waals surface area contributed by atoms with Gasteiger partial charge in [-0.05, 0) is 77.3 Å². The molecule has 0 aliphatic carbocycles. The number of ether oxygens (including phenoxy) is 2. The Hall–Kier alpha value is -1.08. The van der Waals surface area contributed by atoms with Gasteiger partial charge in [0.1, 0.15) is 6.29 Å². The van der Waals surface area contributed by atoms with Gasteiger partial charge in [-0.15, -0.1) is 0 Å². The highest BCUT2D eigenvalue weighted by atomic mass is 32.2. The van der Waals surface area contributed by atoms with Crippen molar-refractivity contribution in [3.8, 4) is 0 Å². The number of rotatable bonds is 25. The van der Waals surface area contributed by atoms with Gasteiger partial charge >= 0.3 is 11.9 Å². The molecule has 0 N–H and O–H groups in total. The van der Waals surface area contributed by atoms with Gasteiger partial charge in [0.15, 0.2) is 0 Å². The molecule has 1 rings (SSSR count). The molecule has 0 aromatic heterocycles. The first-order valence-electron chi connectivity index (χ1n) is 14.7. The summed E-state index contributed by atoms with van der Waals surface area (Å²) in [4.78, 5) is 37.0. The summed E-state index contributed by atoms with van der Waals surface area (Å²) >= 11 is 1.90. The lowest BCUT2D eigenvalue weighted by atomic mass is 10.1. The van der Waals surface area contributed by atoms with Crippen LogP contribution in [0.4, 0.5) is 0 Å². The number of hydrogen-bond acceptors (Lipinski definition) is 7. The fourth-order valence-corrected chi connectivity index (χ4v) is 5.74. The van der Waals surface area contributed by atoms with Crippen molar-refractivity contribution < 1.29 is 23.9 Å². The van der Waals surface area contributed by atoms with Crippen LogP contribution >= 0.6 is 11.8 Å². The van der Waals surface area contributed by atoms with Gasteiger partial charge in [-0.3, -0.25) is 9.59 Å². The van der Waals surface area contributed by atoms with Crippen LogP contribution in [0.1, 0.15) is 116 Å². The first-order valence-corrected chi connectivity index (χ1v) is 15.9. The van der Waals surface area contributed by atoms with Gasteiger partial charge in [0.25, 0.3) is 0 Å². The Bertz CT molecular complexity index is 554. The van der Waals surface area contributed by atoms with Crippen LogP contribution < -0.4 is 0 Å². The van der Waals surface area contributed by atoms with Gasteiger partial charge in [-0.25, -0.2) is 0 Å². The zero-order valence-corrected chi connectivity index (χ0v) is 23.8. The van der Waals surface area contributed by atoms with Crippen LogP contribution in [0.3, 0.4) is 0 Å². The minimum atomic E-state index is -0.0749. The highest BCUT2D eigenvalue weighted by Crippen LogP contribution is 2.19. The number of thioether (sulfide) groups is 1. The van der Waals surface area contributed by atoms with E-state index in [1.807, 2.05) is 18.7 Å². The maximum atomic E-state index is 12.8. The zero-order chi connectivity index (χ0) is 26.1. The molecule has 7 heteroatoms. The molecule has 1 atom stereocenters. The number of nitrogens with zero attached hydrogens (tertiary/aromatic N) is 1. The largest absolute Gasteiger partial charge is 0.466 e. The third-order valence-corrected chi connectivity index (χ3v) is 8.05. The van der Waals surface area contributed by atoms with E-state index in [1.54, 1.807) is 0 Å². The fraction of sp³-hybridized carbons (Fsp3) is 0.897. The average Bonchev–Trinajstić information content (AvgIpc) is 3.39. The average molecular weight is 528 g/mol. The highest BCUT2D eigenvalue weighted by Gasteiger charge is 2.22. The first kappa shape index (κ1) is 32.9. The van der Waals surface area contributed by atoms with Crippen LogP contribution in [0.15, 0.2) is 0 Å². The molecule has 0 bridgehead atoms. The summed E-state index contributed by atoms with van der Waals surface area (Å²) in [6, 6.07) is 0. The quantitative estimate of drug-likeness (QED) is 0.0753. The molecule has 0 spiro atoms. The van der Waals surface area contributed by atoms with E-state index >= 15 is 0 Å². The molecule has 1 unspecified atom stereocenters. The van der Waals surface area contributed by atoms with E-state index in [1.165, 1.54) is 51.6 Å². The van der Waals surface area contributed by atoms with Crippen LogP contribution in [0, 0.1) is 5.92 Å². The van der Waals surface area contributed by atoms with Gasteiger partial charge in [0.05, 0.1) is 19.1 Å². The van der Waals surface area contributed by atoms with E-state index in [0.29, 0.717) is 26.1 Å². The summed E-state index contributed by atoms with van der Waals surface area (Å²) in [5.74, 6) is 1.88. The van der Waals surface area contributed by atoms with Crippen LogP contribution in [-0.4, -0.2) is 67.5 Å². The van der Waals surface area contributed by atoms with Gasteiger partial charge in [-0.2, -0.15) is 11.8 Å². The molecule has 36 heavy (non-hydrogen) atoms. The molecule has 6 nitrogen and oxygen atoms in total. The molecule has 1 aliphatic rings. The second kappa shape index (κ2) is 24.3. The lowest BCUT2D eigenvalue weighted by Crippen LogP contribution is -2.28. The maximum absolute atomic E-state index is 12.8. The van der Waals surface area contributed by atoms with Crippen molar-refractivity contribution in [3.63, 3.8) is 0 Å². The molecular weight excluding hydrogens is 474 g/mol. The Kier molecular flexibility index (Phi) is 22.2. The molecule has 1 heterocycles. The summed E-state index contributed by atoms with van der Waals surface area (Å²) in [6.45, 7) is 6.20. The number of likely N-dealkylation sites (tertiary alicyclic amines) is 1. The third kappa shape index (κ3) is 19.1. The van der Waals surface area contributed by atoms with Crippen molar-refractivity contribution >= 4 is 30.0 Å². The summed E-state index contributed by atoms with van der Waals surface area (Å²) in [6.07, 6.45) is 18.9. The van der Waals surface area contributed by atoms with Crippen LogP contribution in [0.25, 0.3) is 0 Å². The minimum absolute atomic E-state index is 0.00168. The van der Waals surface area contributed by atoms with Gasteiger partial charge in [0.2, 0.25) is 0 Å². The molecule has 1 aliphatic heterocycles. The van der Waals surface area contributed by atoms with Crippen molar-refractivity contribution in [2.75, 3.05) is 44.4 Å². The predicted molar refractivity (Wildman–Crippen MR) is 149 cm³/mol. The molecule has 1 fully saturated rings. The molecule has 210 valence electrons. The second-order valence-corrected chi connectivity index (χ2v) is 11.2. The zero-order valence-electron chi connectivity index (χ0n) is 23.0. The lowest BCUT2D eigenvalue weighted by Gasteiger charge is -2.20. The Morgan fingerprint density at radius 1 is 0.861 bits per heavy atom. The molecule has 0 radical (unpaired) electrons. The topological polar surface area (TPSA) is 72.9 Å². The Balaban J connectivity index is 2.13. The number of unbranched alkanes of at least 4 members (excludes halogenated alkanes) is 11. The normalized spacial score (nSPS) is 14.6. The van der Waals surface area contributed by atoms with Gasteiger partial charge in [0, 0.05) is 18.6 Å². The molecule has 0 aromatic rings.